The molecule has 7 nitrogen and oxygen atoms in total. The summed E-state index contributed by atoms with van der Waals surface area (Å²) in [4.78, 5) is 21.4. The molecule has 1 N–H and O–H groups in total. The van der Waals surface area contributed by atoms with Crippen molar-refractivity contribution in [3.63, 3.8) is 0 Å². The number of methoxy groups -OCH3 is 1. The lowest BCUT2D eigenvalue weighted by Crippen LogP contribution is -2.38. The highest BCUT2D eigenvalue weighted by molar-refractivity contribution is 7.80. The van der Waals surface area contributed by atoms with E-state index in [0.29, 0.717) is 22.5 Å². The van der Waals surface area contributed by atoms with Gasteiger partial charge >= 0.3 is 5.97 Å². The first kappa shape index (κ1) is 30.2. The van der Waals surface area contributed by atoms with Crippen LogP contribution in [0, 0.1) is 25.7 Å². The molecule has 2 fully saturated rings. The van der Waals surface area contributed by atoms with Gasteiger partial charge in [0, 0.05) is 42.0 Å². The number of hydrogen-bond acceptors (Lipinski definition) is 5. The molecule has 2 saturated heterocycles. The number of aromatic nitrogens is 2. The summed E-state index contributed by atoms with van der Waals surface area (Å²) in [5.74, 6) is 0.895. The van der Waals surface area contributed by atoms with E-state index in [0.717, 1.165) is 57.8 Å². The van der Waals surface area contributed by atoms with Crippen molar-refractivity contribution in [2.45, 2.75) is 46.2 Å². The van der Waals surface area contributed by atoms with Crippen molar-refractivity contribution in [1.29, 1.82) is 0 Å². The fourth-order valence-corrected chi connectivity index (χ4v) is 7.70. The van der Waals surface area contributed by atoms with E-state index in [2.05, 4.69) is 65.6 Å². The topological polar surface area (TPSA) is 62.6 Å². The largest absolute Gasteiger partial charge is 0.465 e. The number of nitrogens with zero attached hydrogens (tertiary/aromatic N) is 4. The van der Waals surface area contributed by atoms with E-state index in [1.807, 2.05) is 42.6 Å². The highest BCUT2D eigenvalue weighted by Crippen LogP contribution is 2.45. The first-order valence-electron chi connectivity index (χ1n) is 15.1. The van der Waals surface area contributed by atoms with E-state index in [-0.39, 0.29) is 18.1 Å². The quantitative estimate of drug-likeness (QED) is 0.175. The standard InChI is InChI=1S/C35H38ClN5O2S/c1-21-16-22(2)20-39(19-21)31-14-13-27(18-29(31)36)41-33(32(38-35(41)44)30-8-6-7-15-37-30)28-17-23(3)40(24(28)4)26-11-9-25(10-12-26)34(42)43-5/h6-15,17-18,21-22,32-33H,16,19-20H2,1-5H3,(H,38,44)/t21-,22-,32+,33-/m1/s1. The van der Waals surface area contributed by atoms with Crippen molar-refractivity contribution >= 4 is 46.3 Å². The Balaban J connectivity index is 1.42. The number of carbonyl (C=O) groups is 1. The zero-order valence-electron chi connectivity index (χ0n) is 25.8. The third kappa shape index (κ3) is 5.57. The predicted molar refractivity (Wildman–Crippen MR) is 181 cm³/mol. The lowest BCUT2D eigenvalue weighted by atomic mass is 9.91. The Kier molecular flexibility index (Phi) is 8.40. The van der Waals surface area contributed by atoms with Gasteiger partial charge in [-0.15, -0.1) is 0 Å². The molecule has 228 valence electrons. The second-order valence-electron chi connectivity index (χ2n) is 12.2. The van der Waals surface area contributed by atoms with Gasteiger partial charge in [0.2, 0.25) is 0 Å². The number of rotatable bonds is 6. The highest BCUT2D eigenvalue weighted by atomic mass is 35.5. The fraction of sp³-hybridized carbons (Fsp3) is 0.343. The van der Waals surface area contributed by atoms with Crippen LogP contribution in [0.1, 0.15) is 65.4 Å². The van der Waals surface area contributed by atoms with Crippen molar-refractivity contribution in [1.82, 2.24) is 14.9 Å². The highest BCUT2D eigenvalue weighted by Gasteiger charge is 2.42. The van der Waals surface area contributed by atoms with Gasteiger partial charge in [0.05, 0.1) is 41.2 Å². The molecule has 4 heterocycles. The van der Waals surface area contributed by atoms with Crippen molar-refractivity contribution < 1.29 is 9.53 Å². The summed E-state index contributed by atoms with van der Waals surface area (Å²) >= 11 is 13.1. The minimum Gasteiger partial charge on any atom is -0.465 e. The summed E-state index contributed by atoms with van der Waals surface area (Å²) < 4.78 is 7.10. The lowest BCUT2D eigenvalue weighted by molar-refractivity contribution is 0.0600. The number of piperidine rings is 1. The Labute approximate surface area is 269 Å². The first-order valence-corrected chi connectivity index (χ1v) is 15.9. The molecule has 4 aromatic rings. The van der Waals surface area contributed by atoms with Crippen molar-refractivity contribution in [3.05, 3.63) is 106 Å². The van der Waals surface area contributed by atoms with Crippen LogP contribution < -0.4 is 15.1 Å². The normalized spacial score (nSPS) is 21.8. The summed E-state index contributed by atoms with van der Waals surface area (Å²) in [7, 11) is 1.39. The number of anilines is 2. The number of carbonyl (C=O) groups excluding carboxylic acids is 1. The van der Waals surface area contributed by atoms with Crippen LogP contribution in [0.4, 0.5) is 11.4 Å². The summed E-state index contributed by atoms with van der Waals surface area (Å²) in [5, 5.41) is 4.93. The molecular formula is C35H38ClN5O2S. The molecule has 2 aliphatic rings. The predicted octanol–water partition coefficient (Wildman–Crippen LogP) is 7.59. The molecule has 2 aromatic carbocycles. The number of thiocarbonyl (C=S) groups is 1. The molecule has 2 aliphatic heterocycles. The second-order valence-corrected chi connectivity index (χ2v) is 13.0. The van der Waals surface area contributed by atoms with Gasteiger partial charge in [-0.2, -0.15) is 0 Å². The van der Waals surface area contributed by atoms with E-state index in [1.165, 1.54) is 13.5 Å². The first-order chi connectivity index (χ1) is 21.2. The van der Waals surface area contributed by atoms with E-state index >= 15 is 0 Å². The molecule has 6 rings (SSSR count). The number of ether oxygens (including phenoxy) is 1. The third-order valence-corrected chi connectivity index (χ3v) is 9.47. The smallest absolute Gasteiger partial charge is 0.337 e. The van der Waals surface area contributed by atoms with Gasteiger partial charge in [-0.3, -0.25) is 4.98 Å². The van der Waals surface area contributed by atoms with Gasteiger partial charge in [0.1, 0.15) is 0 Å². The monoisotopic (exact) mass is 627 g/mol. The van der Waals surface area contributed by atoms with Crippen molar-refractivity contribution in [2.24, 2.45) is 11.8 Å². The third-order valence-electron chi connectivity index (χ3n) is 8.85. The van der Waals surface area contributed by atoms with E-state index in [4.69, 9.17) is 33.5 Å². The Morgan fingerprint density at radius 1 is 1.00 bits per heavy atom. The van der Waals surface area contributed by atoms with Crippen LogP contribution in [-0.4, -0.2) is 40.8 Å². The van der Waals surface area contributed by atoms with Gasteiger partial charge in [-0.1, -0.05) is 31.5 Å². The molecule has 0 unspecified atom stereocenters. The SMILES string of the molecule is COC(=O)c1ccc(-n2c(C)cc([C@@H]3[C@H](c4ccccn4)NC(=S)N3c3ccc(N4C[C@H](C)C[C@@H](C)C4)c(Cl)c3)c2C)cc1. The number of nitrogens with one attached hydrogen (secondary N) is 1. The van der Waals surface area contributed by atoms with Gasteiger partial charge < -0.3 is 24.4 Å². The van der Waals surface area contributed by atoms with Crippen LogP contribution in [-0.2, 0) is 4.74 Å². The van der Waals surface area contributed by atoms with Crippen LogP contribution in [0.3, 0.4) is 0 Å². The Bertz CT molecular complexity index is 1680. The van der Waals surface area contributed by atoms with Crippen LogP contribution in [0.2, 0.25) is 5.02 Å². The number of halogens is 1. The minimum absolute atomic E-state index is 0.177. The molecule has 0 saturated carbocycles. The number of hydrogen-bond donors (Lipinski definition) is 1. The Morgan fingerprint density at radius 3 is 2.34 bits per heavy atom. The molecule has 0 bridgehead atoms. The lowest BCUT2D eigenvalue weighted by Gasteiger charge is -2.37. The van der Waals surface area contributed by atoms with Crippen LogP contribution in [0.25, 0.3) is 5.69 Å². The maximum absolute atomic E-state index is 12.0. The average Bonchev–Trinajstić information content (AvgIpc) is 3.51. The van der Waals surface area contributed by atoms with E-state index in [1.54, 1.807) is 12.1 Å². The van der Waals surface area contributed by atoms with Crippen LogP contribution >= 0.6 is 23.8 Å². The maximum Gasteiger partial charge on any atom is 0.337 e. The van der Waals surface area contributed by atoms with Crippen LogP contribution in [0.15, 0.2) is 72.9 Å². The second kappa shape index (κ2) is 12.3. The fourth-order valence-electron chi connectivity index (χ4n) is 7.06. The van der Waals surface area contributed by atoms with E-state index in [9.17, 15) is 4.79 Å². The van der Waals surface area contributed by atoms with Gasteiger partial charge in [-0.25, -0.2) is 4.79 Å². The molecule has 2 aromatic heterocycles. The zero-order valence-corrected chi connectivity index (χ0v) is 27.3. The summed E-state index contributed by atoms with van der Waals surface area (Å²) in [5.41, 5.74) is 7.67. The molecule has 0 aliphatic carbocycles. The molecule has 9 heteroatoms. The van der Waals surface area contributed by atoms with Gasteiger partial charge in [0.15, 0.2) is 5.11 Å². The molecular weight excluding hydrogens is 590 g/mol. The van der Waals surface area contributed by atoms with Crippen molar-refractivity contribution in [3.8, 4) is 5.69 Å². The van der Waals surface area contributed by atoms with Crippen LogP contribution in [0.5, 0.6) is 0 Å². The molecule has 0 radical (unpaired) electrons. The Hall–Kier alpha value is -3.88. The number of aryl methyl sites for hydroxylation is 1. The zero-order chi connectivity index (χ0) is 31.1. The number of esters is 1. The van der Waals surface area contributed by atoms with Crippen molar-refractivity contribution in [2.75, 3.05) is 30.0 Å². The summed E-state index contributed by atoms with van der Waals surface area (Å²) in [6.07, 6.45) is 3.06. The van der Waals surface area contributed by atoms with E-state index < -0.39 is 0 Å². The number of benzene rings is 2. The molecule has 44 heavy (non-hydrogen) atoms. The molecule has 0 spiro atoms. The molecule has 4 atom stereocenters. The molecule has 0 amide bonds. The summed E-state index contributed by atoms with van der Waals surface area (Å²) in [6.45, 7) is 10.9. The van der Waals surface area contributed by atoms with Gasteiger partial charge in [0.25, 0.3) is 0 Å². The van der Waals surface area contributed by atoms with Gasteiger partial charge in [-0.05, 0) is 111 Å². The Morgan fingerprint density at radius 2 is 1.70 bits per heavy atom. The summed E-state index contributed by atoms with van der Waals surface area (Å²) in [6, 6.07) is 21.6. The average molecular weight is 628 g/mol. The maximum atomic E-state index is 12.0. The number of pyridine rings is 1. The minimum atomic E-state index is -0.355.